The Morgan fingerprint density at radius 3 is 2.37 bits per heavy atom. The minimum absolute atomic E-state index is 0.0636. The summed E-state index contributed by atoms with van der Waals surface area (Å²) >= 11 is 6.32. The molecule has 4 rings (SSSR count). The van der Waals surface area contributed by atoms with E-state index in [-0.39, 0.29) is 15.2 Å². The molecule has 5 nitrogen and oxygen atoms in total. The molecular weight excluding hydrogens is 422 g/mol. The molecule has 3 aromatic carbocycles. The van der Waals surface area contributed by atoms with Gasteiger partial charge in [0.15, 0.2) is 0 Å². The van der Waals surface area contributed by atoms with Crippen LogP contribution in [0.4, 0.5) is 0 Å². The van der Waals surface area contributed by atoms with Gasteiger partial charge in [0, 0.05) is 17.8 Å². The molecule has 0 unspecified atom stereocenters. The van der Waals surface area contributed by atoms with Crippen LogP contribution in [0.5, 0.6) is 5.75 Å². The van der Waals surface area contributed by atoms with E-state index in [0.717, 1.165) is 5.56 Å². The summed E-state index contributed by atoms with van der Waals surface area (Å²) < 4.78 is 33.5. The Bertz CT molecular complexity index is 1400. The second kappa shape index (κ2) is 7.97. The van der Waals surface area contributed by atoms with Gasteiger partial charge in [0.05, 0.1) is 22.9 Å². The van der Waals surface area contributed by atoms with Crippen molar-refractivity contribution in [2.75, 3.05) is 7.11 Å². The Hall–Kier alpha value is -3.09. The van der Waals surface area contributed by atoms with Gasteiger partial charge < -0.3 is 9.30 Å². The third-order valence-corrected chi connectivity index (χ3v) is 7.03. The van der Waals surface area contributed by atoms with Crippen LogP contribution in [0.2, 0.25) is 5.02 Å². The number of hydrogen-bond acceptors (Lipinski definition) is 4. The first-order valence-corrected chi connectivity index (χ1v) is 11.0. The van der Waals surface area contributed by atoms with Crippen LogP contribution in [0.1, 0.15) is 5.56 Å². The molecule has 0 N–H and O–H groups in total. The fourth-order valence-electron chi connectivity index (χ4n) is 3.34. The number of nitrogens with zero attached hydrogens (tertiary/aromatic N) is 1. The van der Waals surface area contributed by atoms with Crippen molar-refractivity contribution in [3.05, 3.63) is 99.8 Å². The van der Waals surface area contributed by atoms with Gasteiger partial charge in [-0.15, -0.1) is 0 Å². The average Bonchev–Trinajstić information content (AvgIpc) is 2.77. The van der Waals surface area contributed by atoms with Crippen LogP contribution < -0.4 is 10.2 Å². The van der Waals surface area contributed by atoms with Gasteiger partial charge in [0.1, 0.15) is 10.6 Å². The summed E-state index contributed by atoms with van der Waals surface area (Å²) in [6.07, 6.45) is 1.39. The highest BCUT2D eigenvalue weighted by molar-refractivity contribution is 7.91. The van der Waals surface area contributed by atoms with E-state index in [1.54, 1.807) is 47.0 Å². The molecule has 0 atom stereocenters. The van der Waals surface area contributed by atoms with Gasteiger partial charge in [-0.3, -0.25) is 4.79 Å². The van der Waals surface area contributed by atoms with Gasteiger partial charge in [-0.05, 0) is 42.0 Å². The van der Waals surface area contributed by atoms with Crippen molar-refractivity contribution in [3.8, 4) is 5.75 Å². The molecule has 30 heavy (non-hydrogen) atoms. The summed E-state index contributed by atoms with van der Waals surface area (Å²) in [5.74, 6) is 0.471. The van der Waals surface area contributed by atoms with Gasteiger partial charge in [-0.1, -0.05) is 48.0 Å². The Kier molecular flexibility index (Phi) is 5.37. The van der Waals surface area contributed by atoms with E-state index in [2.05, 4.69) is 0 Å². The first-order chi connectivity index (χ1) is 14.4. The molecule has 1 heterocycles. The fraction of sp³-hybridized carbons (Fsp3) is 0.0870. The van der Waals surface area contributed by atoms with E-state index in [1.807, 2.05) is 18.2 Å². The molecule has 4 aromatic rings. The van der Waals surface area contributed by atoms with Crippen LogP contribution in [0.3, 0.4) is 0 Å². The van der Waals surface area contributed by atoms with E-state index in [1.165, 1.54) is 25.4 Å². The topological polar surface area (TPSA) is 65.4 Å². The van der Waals surface area contributed by atoms with Crippen molar-refractivity contribution in [1.29, 1.82) is 0 Å². The van der Waals surface area contributed by atoms with Crippen molar-refractivity contribution < 1.29 is 13.2 Å². The molecule has 0 fully saturated rings. The summed E-state index contributed by atoms with van der Waals surface area (Å²) in [4.78, 5) is 13.0. The number of benzene rings is 3. The van der Waals surface area contributed by atoms with Crippen LogP contribution in [0, 0.1) is 0 Å². The second-order valence-electron chi connectivity index (χ2n) is 6.74. The lowest BCUT2D eigenvalue weighted by Gasteiger charge is -2.15. The number of pyridine rings is 1. The molecule has 0 aliphatic heterocycles. The van der Waals surface area contributed by atoms with Gasteiger partial charge >= 0.3 is 0 Å². The second-order valence-corrected chi connectivity index (χ2v) is 9.07. The van der Waals surface area contributed by atoms with Crippen LogP contribution >= 0.6 is 11.6 Å². The smallest absolute Gasteiger partial charge is 0.211 e. The molecular formula is C23H18ClNO4S. The first-order valence-electron chi connectivity index (χ1n) is 9.16. The van der Waals surface area contributed by atoms with Crippen LogP contribution in [0.25, 0.3) is 10.9 Å². The molecule has 152 valence electrons. The number of rotatable bonds is 5. The van der Waals surface area contributed by atoms with Crippen molar-refractivity contribution >= 4 is 32.3 Å². The van der Waals surface area contributed by atoms with Gasteiger partial charge in [-0.25, -0.2) is 8.42 Å². The first kappa shape index (κ1) is 20.2. The van der Waals surface area contributed by atoms with E-state index in [4.69, 9.17) is 16.3 Å². The van der Waals surface area contributed by atoms with E-state index >= 15 is 0 Å². The number of ether oxygens (including phenoxy) is 1. The normalized spacial score (nSPS) is 11.5. The quantitative estimate of drug-likeness (QED) is 0.457. The van der Waals surface area contributed by atoms with Crippen molar-refractivity contribution in [1.82, 2.24) is 4.57 Å². The molecule has 1 aromatic heterocycles. The zero-order valence-corrected chi connectivity index (χ0v) is 17.7. The molecule has 7 heteroatoms. The highest BCUT2D eigenvalue weighted by atomic mass is 35.5. The third kappa shape index (κ3) is 3.60. The van der Waals surface area contributed by atoms with Gasteiger partial charge in [0.2, 0.25) is 15.3 Å². The highest BCUT2D eigenvalue weighted by Gasteiger charge is 2.24. The zero-order chi connectivity index (χ0) is 21.3. The molecule has 0 aliphatic carbocycles. The largest absolute Gasteiger partial charge is 0.497 e. The van der Waals surface area contributed by atoms with Gasteiger partial charge in [0.25, 0.3) is 0 Å². The Morgan fingerprint density at radius 1 is 0.967 bits per heavy atom. The number of fused-ring (bicyclic) bond motifs is 1. The molecule has 0 radical (unpaired) electrons. The maximum absolute atomic E-state index is 13.3. The van der Waals surface area contributed by atoms with E-state index < -0.39 is 15.3 Å². The lowest BCUT2D eigenvalue weighted by atomic mass is 10.1. The Morgan fingerprint density at radius 2 is 1.67 bits per heavy atom. The van der Waals surface area contributed by atoms with Crippen molar-refractivity contribution in [3.63, 3.8) is 0 Å². The summed E-state index contributed by atoms with van der Waals surface area (Å²) in [5, 5.41) is 0.823. The standard InChI is InChI=1S/C23H18ClNO4S/c1-29-17-11-12-21-19(13-17)23(26)22(30(27,28)18-8-3-2-4-9-18)15-25(21)14-16-7-5-6-10-20(16)24/h2-13,15H,14H2,1H3. The zero-order valence-electron chi connectivity index (χ0n) is 16.1. The maximum atomic E-state index is 13.3. The number of aromatic nitrogens is 1. The number of hydrogen-bond donors (Lipinski definition) is 0. The third-order valence-electron chi connectivity index (χ3n) is 4.90. The maximum Gasteiger partial charge on any atom is 0.211 e. The summed E-state index contributed by atoms with van der Waals surface area (Å²) in [5.41, 5.74) is 0.832. The van der Waals surface area contributed by atoms with E-state index in [0.29, 0.717) is 22.8 Å². The lowest BCUT2D eigenvalue weighted by molar-refractivity contribution is 0.415. The predicted molar refractivity (Wildman–Crippen MR) is 117 cm³/mol. The summed E-state index contributed by atoms with van der Waals surface area (Å²) in [6.45, 7) is 0.306. The average molecular weight is 440 g/mol. The monoisotopic (exact) mass is 439 g/mol. The molecule has 0 spiro atoms. The number of methoxy groups -OCH3 is 1. The highest BCUT2D eigenvalue weighted by Crippen LogP contribution is 2.25. The van der Waals surface area contributed by atoms with Crippen molar-refractivity contribution in [2.24, 2.45) is 0 Å². The molecule has 0 aliphatic rings. The van der Waals surface area contributed by atoms with Gasteiger partial charge in [-0.2, -0.15) is 0 Å². The summed E-state index contributed by atoms with van der Waals surface area (Å²) in [7, 11) is -2.52. The Labute approximate surface area is 179 Å². The Balaban J connectivity index is 2.01. The predicted octanol–water partition coefficient (Wildman–Crippen LogP) is 4.54. The molecule has 0 saturated carbocycles. The number of halogens is 1. The molecule has 0 saturated heterocycles. The van der Waals surface area contributed by atoms with Crippen LogP contribution in [-0.2, 0) is 16.4 Å². The van der Waals surface area contributed by atoms with Crippen molar-refractivity contribution in [2.45, 2.75) is 16.3 Å². The summed E-state index contributed by atoms with van der Waals surface area (Å²) in [6, 6.07) is 20.3. The minimum Gasteiger partial charge on any atom is -0.497 e. The molecule has 0 amide bonds. The minimum atomic E-state index is -4.01. The number of sulfone groups is 1. The fourth-order valence-corrected chi connectivity index (χ4v) is 4.92. The van der Waals surface area contributed by atoms with Crippen LogP contribution in [-0.4, -0.2) is 20.1 Å². The van der Waals surface area contributed by atoms with E-state index in [9.17, 15) is 13.2 Å². The lowest BCUT2D eigenvalue weighted by Crippen LogP contribution is -2.19. The molecule has 0 bridgehead atoms. The van der Waals surface area contributed by atoms with Crippen LogP contribution in [0.15, 0.2) is 93.6 Å². The SMILES string of the molecule is COc1ccc2c(c1)c(=O)c(S(=O)(=O)c1ccccc1)cn2Cc1ccccc1Cl.